The first kappa shape index (κ1) is 14.5. The molecule has 0 aliphatic carbocycles. The number of nitrogens with zero attached hydrogens (tertiary/aromatic N) is 4. The van der Waals surface area contributed by atoms with E-state index in [0.717, 1.165) is 49.9 Å². The number of rotatable bonds is 4. The third-order valence-corrected chi connectivity index (χ3v) is 4.54. The molecule has 2 saturated heterocycles. The van der Waals surface area contributed by atoms with E-state index in [4.69, 9.17) is 10.8 Å². The molecule has 3 rings (SSSR count). The Balaban J connectivity index is 1.77. The summed E-state index contributed by atoms with van der Waals surface area (Å²) in [6.07, 6.45) is 5.96. The molecule has 0 radical (unpaired) electrons. The molecule has 0 aromatic carbocycles. The number of hydrogen-bond acceptors (Lipinski definition) is 6. The van der Waals surface area contributed by atoms with Crippen molar-refractivity contribution in [1.29, 1.82) is 0 Å². The van der Waals surface area contributed by atoms with Gasteiger partial charge in [-0.2, -0.15) is 0 Å². The van der Waals surface area contributed by atoms with Crippen molar-refractivity contribution in [3.05, 3.63) is 11.9 Å². The molecule has 1 aromatic rings. The highest BCUT2D eigenvalue weighted by molar-refractivity contribution is 5.49. The van der Waals surface area contributed by atoms with Crippen molar-refractivity contribution in [2.45, 2.75) is 45.1 Å². The molecule has 2 fully saturated rings. The molecule has 2 aliphatic heterocycles. The van der Waals surface area contributed by atoms with Gasteiger partial charge in [0.15, 0.2) is 0 Å². The van der Waals surface area contributed by atoms with Gasteiger partial charge in [0.2, 0.25) is 0 Å². The van der Waals surface area contributed by atoms with Crippen LogP contribution in [-0.2, 0) is 6.42 Å². The van der Waals surface area contributed by atoms with Gasteiger partial charge in [0.25, 0.3) is 0 Å². The predicted molar refractivity (Wildman–Crippen MR) is 85.3 cm³/mol. The summed E-state index contributed by atoms with van der Waals surface area (Å²) < 4.78 is 0. The fourth-order valence-electron chi connectivity index (χ4n) is 3.42. The first-order valence-electron chi connectivity index (χ1n) is 8.13. The molecular weight excluding hydrogens is 264 g/mol. The molecule has 0 amide bonds. The van der Waals surface area contributed by atoms with Crippen molar-refractivity contribution in [2.75, 3.05) is 36.5 Å². The molecule has 3 N–H and O–H groups in total. The molecule has 1 unspecified atom stereocenters. The minimum Gasteiger partial charge on any atom is -0.354 e. The number of nitrogen functional groups attached to an aromatic ring is 1. The molecule has 116 valence electrons. The van der Waals surface area contributed by atoms with Crippen LogP contribution in [0.1, 0.15) is 38.4 Å². The predicted octanol–water partition coefficient (Wildman–Crippen LogP) is 1.39. The van der Waals surface area contributed by atoms with E-state index in [1.54, 1.807) is 0 Å². The summed E-state index contributed by atoms with van der Waals surface area (Å²) in [4.78, 5) is 14.2. The molecule has 6 nitrogen and oxygen atoms in total. The summed E-state index contributed by atoms with van der Waals surface area (Å²) in [5, 5.41) is 0. The summed E-state index contributed by atoms with van der Waals surface area (Å²) in [6.45, 7) is 6.67. The quantitative estimate of drug-likeness (QED) is 0.645. The van der Waals surface area contributed by atoms with Gasteiger partial charge in [-0.3, -0.25) is 4.90 Å². The Morgan fingerprint density at radius 2 is 2.19 bits per heavy atom. The lowest BCUT2D eigenvalue weighted by Crippen LogP contribution is -2.55. The second kappa shape index (κ2) is 6.58. The van der Waals surface area contributed by atoms with Crippen LogP contribution in [0.5, 0.6) is 0 Å². The van der Waals surface area contributed by atoms with Crippen LogP contribution in [0.15, 0.2) is 6.07 Å². The molecule has 1 atom stereocenters. The Labute approximate surface area is 126 Å². The van der Waals surface area contributed by atoms with Crippen LogP contribution in [0.25, 0.3) is 0 Å². The molecule has 21 heavy (non-hydrogen) atoms. The van der Waals surface area contributed by atoms with Crippen molar-refractivity contribution >= 4 is 11.6 Å². The highest BCUT2D eigenvalue weighted by Crippen LogP contribution is 2.25. The number of aromatic nitrogens is 2. The van der Waals surface area contributed by atoms with Crippen molar-refractivity contribution in [1.82, 2.24) is 14.9 Å². The highest BCUT2D eigenvalue weighted by atomic mass is 15.3. The Morgan fingerprint density at radius 1 is 1.29 bits per heavy atom. The third kappa shape index (κ3) is 3.27. The molecule has 2 aliphatic rings. The lowest BCUT2D eigenvalue weighted by atomic mass is 9.99. The zero-order chi connectivity index (χ0) is 14.7. The average Bonchev–Trinajstić information content (AvgIpc) is 2.54. The number of hydrogen-bond donors (Lipinski definition) is 2. The monoisotopic (exact) mass is 290 g/mol. The Morgan fingerprint density at radius 3 is 3.00 bits per heavy atom. The standard InChI is InChI=1S/C15H26N6/c1-2-5-13-17-14(19-16)10-15(18-13)21-9-8-20-7-4-3-6-12(20)11-21/h10,12H,2-9,11,16H2,1H3,(H,17,18,19). The van der Waals surface area contributed by atoms with Gasteiger partial charge in [-0.05, 0) is 25.8 Å². The Hall–Kier alpha value is -1.40. The third-order valence-electron chi connectivity index (χ3n) is 4.54. The number of fused-ring (bicyclic) bond motifs is 1. The normalized spacial score (nSPS) is 23.0. The van der Waals surface area contributed by atoms with Gasteiger partial charge in [0.1, 0.15) is 17.5 Å². The van der Waals surface area contributed by atoms with E-state index in [-0.39, 0.29) is 0 Å². The van der Waals surface area contributed by atoms with Crippen molar-refractivity contribution in [3.63, 3.8) is 0 Å². The minimum absolute atomic E-state index is 0.686. The summed E-state index contributed by atoms with van der Waals surface area (Å²) in [6, 6.07) is 2.66. The number of nitrogens with one attached hydrogen (secondary N) is 1. The molecular formula is C15H26N6. The van der Waals surface area contributed by atoms with E-state index in [9.17, 15) is 0 Å². The molecule has 3 heterocycles. The highest BCUT2D eigenvalue weighted by Gasteiger charge is 2.29. The fraction of sp³-hybridized carbons (Fsp3) is 0.733. The molecule has 0 bridgehead atoms. The summed E-state index contributed by atoms with van der Waals surface area (Å²) in [5.41, 5.74) is 2.67. The number of piperazine rings is 1. The van der Waals surface area contributed by atoms with Gasteiger partial charge >= 0.3 is 0 Å². The van der Waals surface area contributed by atoms with E-state index < -0.39 is 0 Å². The van der Waals surface area contributed by atoms with E-state index in [1.165, 1.54) is 25.8 Å². The van der Waals surface area contributed by atoms with Crippen LogP contribution in [0.3, 0.4) is 0 Å². The zero-order valence-electron chi connectivity index (χ0n) is 12.9. The maximum Gasteiger partial charge on any atom is 0.145 e. The smallest absolute Gasteiger partial charge is 0.145 e. The minimum atomic E-state index is 0.686. The Kier molecular flexibility index (Phi) is 4.55. The van der Waals surface area contributed by atoms with Gasteiger partial charge in [0, 0.05) is 38.2 Å². The fourth-order valence-corrected chi connectivity index (χ4v) is 3.42. The van der Waals surface area contributed by atoms with E-state index in [1.807, 2.05) is 6.07 Å². The lowest BCUT2D eigenvalue weighted by Gasteiger charge is -2.44. The number of hydrazine groups is 1. The zero-order valence-corrected chi connectivity index (χ0v) is 12.9. The van der Waals surface area contributed by atoms with Gasteiger partial charge in [-0.1, -0.05) is 13.3 Å². The van der Waals surface area contributed by atoms with Crippen molar-refractivity contribution in [2.24, 2.45) is 5.84 Å². The second-order valence-corrected chi connectivity index (χ2v) is 6.05. The van der Waals surface area contributed by atoms with Crippen molar-refractivity contribution in [3.8, 4) is 0 Å². The summed E-state index contributed by atoms with van der Waals surface area (Å²) >= 11 is 0. The van der Waals surface area contributed by atoms with Crippen LogP contribution >= 0.6 is 0 Å². The maximum atomic E-state index is 5.55. The second-order valence-electron chi connectivity index (χ2n) is 6.05. The van der Waals surface area contributed by atoms with Gasteiger partial charge in [-0.15, -0.1) is 0 Å². The van der Waals surface area contributed by atoms with Gasteiger partial charge < -0.3 is 10.3 Å². The molecule has 0 saturated carbocycles. The SMILES string of the molecule is CCCc1nc(NN)cc(N2CCN3CCCCC3C2)n1. The van der Waals surface area contributed by atoms with Gasteiger partial charge in [0.05, 0.1) is 0 Å². The van der Waals surface area contributed by atoms with Crippen LogP contribution in [-0.4, -0.2) is 47.1 Å². The maximum absolute atomic E-state index is 5.55. The van der Waals surface area contributed by atoms with E-state index in [0.29, 0.717) is 6.04 Å². The average molecular weight is 290 g/mol. The van der Waals surface area contributed by atoms with Crippen LogP contribution < -0.4 is 16.2 Å². The number of nitrogens with two attached hydrogens (primary N) is 1. The summed E-state index contributed by atoms with van der Waals surface area (Å²) in [5.74, 6) is 8.17. The van der Waals surface area contributed by atoms with Crippen molar-refractivity contribution < 1.29 is 0 Å². The number of aryl methyl sites for hydroxylation is 1. The van der Waals surface area contributed by atoms with E-state index in [2.05, 4.69) is 27.1 Å². The first-order valence-corrected chi connectivity index (χ1v) is 8.13. The number of piperidine rings is 1. The molecule has 0 spiro atoms. The lowest BCUT2D eigenvalue weighted by molar-refractivity contribution is 0.133. The molecule has 6 heteroatoms. The van der Waals surface area contributed by atoms with Gasteiger partial charge in [-0.25, -0.2) is 15.8 Å². The Bertz CT molecular complexity index is 477. The van der Waals surface area contributed by atoms with Crippen LogP contribution in [0.2, 0.25) is 0 Å². The topological polar surface area (TPSA) is 70.3 Å². The van der Waals surface area contributed by atoms with Crippen LogP contribution in [0, 0.1) is 0 Å². The summed E-state index contributed by atoms with van der Waals surface area (Å²) in [7, 11) is 0. The first-order chi connectivity index (χ1) is 10.3. The van der Waals surface area contributed by atoms with Crippen LogP contribution in [0.4, 0.5) is 11.6 Å². The molecule has 1 aromatic heterocycles. The van der Waals surface area contributed by atoms with E-state index >= 15 is 0 Å². The largest absolute Gasteiger partial charge is 0.354 e. The number of anilines is 2.